The van der Waals surface area contributed by atoms with Gasteiger partial charge in [-0.1, -0.05) is 0 Å². The molecule has 1 aromatic rings. The standard InChI is InChI=1S/C16H27FN2O2/c1-5-19(13(2)12-21-4)16-7-6-15(17)10-14(16)11-18-8-9-20-3/h6-7,10,13,18H,5,8-9,11-12H2,1-4H3. The number of hydrogen-bond donors (Lipinski definition) is 1. The van der Waals surface area contributed by atoms with Crippen molar-refractivity contribution in [1.82, 2.24) is 5.32 Å². The molecule has 1 unspecified atom stereocenters. The first-order chi connectivity index (χ1) is 10.1. The van der Waals surface area contributed by atoms with Gasteiger partial charge < -0.3 is 19.7 Å². The number of benzene rings is 1. The minimum atomic E-state index is -0.210. The maximum atomic E-state index is 13.5. The van der Waals surface area contributed by atoms with Gasteiger partial charge in [-0.15, -0.1) is 0 Å². The van der Waals surface area contributed by atoms with Gasteiger partial charge in [0.05, 0.1) is 13.2 Å². The lowest BCUT2D eigenvalue weighted by molar-refractivity contribution is 0.182. The van der Waals surface area contributed by atoms with Gasteiger partial charge >= 0.3 is 0 Å². The van der Waals surface area contributed by atoms with Crippen LogP contribution in [0, 0.1) is 5.82 Å². The SMILES string of the molecule is CCN(c1ccc(F)cc1CNCCOC)C(C)COC. The molecule has 0 heterocycles. The van der Waals surface area contributed by atoms with Crippen molar-refractivity contribution >= 4 is 5.69 Å². The zero-order chi connectivity index (χ0) is 15.7. The molecule has 0 aromatic heterocycles. The van der Waals surface area contributed by atoms with E-state index in [9.17, 15) is 4.39 Å². The summed E-state index contributed by atoms with van der Waals surface area (Å²) in [4.78, 5) is 2.23. The highest BCUT2D eigenvalue weighted by molar-refractivity contribution is 5.54. The molecule has 0 saturated heterocycles. The molecule has 1 atom stereocenters. The molecule has 0 aliphatic carbocycles. The summed E-state index contributed by atoms with van der Waals surface area (Å²) in [5.74, 6) is -0.210. The number of ether oxygens (including phenoxy) is 2. The molecule has 0 radical (unpaired) electrons. The second kappa shape index (κ2) is 9.71. The molecule has 0 bridgehead atoms. The first-order valence-electron chi connectivity index (χ1n) is 7.37. The third kappa shape index (κ3) is 5.61. The maximum Gasteiger partial charge on any atom is 0.123 e. The molecule has 0 aliphatic rings. The maximum absolute atomic E-state index is 13.5. The first-order valence-corrected chi connectivity index (χ1v) is 7.37. The Bertz CT molecular complexity index is 415. The third-order valence-corrected chi connectivity index (χ3v) is 3.43. The summed E-state index contributed by atoms with van der Waals surface area (Å²) >= 11 is 0. The van der Waals surface area contributed by atoms with Crippen molar-refractivity contribution in [3.63, 3.8) is 0 Å². The molecule has 1 aromatic carbocycles. The Hall–Kier alpha value is -1.17. The summed E-state index contributed by atoms with van der Waals surface area (Å²) in [6.45, 7) is 7.69. The van der Waals surface area contributed by atoms with E-state index < -0.39 is 0 Å². The molecule has 0 fully saturated rings. The van der Waals surface area contributed by atoms with Gasteiger partial charge in [0.25, 0.3) is 0 Å². The van der Waals surface area contributed by atoms with Gasteiger partial charge in [0.2, 0.25) is 0 Å². The molecule has 0 aliphatic heterocycles. The van der Waals surface area contributed by atoms with Crippen LogP contribution in [0.5, 0.6) is 0 Å². The fraction of sp³-hybridized carbons (Fsp3) is 0.625. The lowest BCUT2D eigenvalue weighted by Gasteiger charge is -2.31. The average Bonchev–Trinajstić information content (AvgIpc) is 2.46. The Morgan fingerprint density at radius 2 is 2.05 bits per heavy atom. The van der Waals surface area contributed by atoms with Gasteiger partial charge in [-0.2, -0.15) is 0 Å². The quantitative estimate of drug-likeness (QED) is 0.673. The predicted molar refractivity (Wildman–Crippen MR) is 84.3 cm³/mol. The van der Waals surface area contributed by atoms with E-state index in [1.165, 1.54) is 6.07 Å². The van der Waals surface area contributed by atoms with E-state index in [0.717, 1.165) is 24.3 Å². The summed E-state index contributed by atoms with van der Waals surface area (Å²) < 4.78 is 23.8. The summed E-state index contributed by atoms with van der Waals surface area (Å²) in [5, 5.41) is 3.27. The highest BCUT2D eigenvalue weighted by Gasteiger charge is 2.16. The minimum Gasteiger partial charge on any atom is -0.383 e. The fourth-order valence-electron chi connectivity index (χ4n) is 2.42. The highest BCUT2D eigenvalue weighted by Crippen LogP contribution is 2.23. The molecule has 0 spiro atoms. The molecule has 5 heteroatoms. The largest absolute Gasteiger partial charge is 0.383 e. The monoisotopic (exact) mass is 298 g/mol. The van der Waals surface area contributed by atoms with E-state index in [4.69, 9.17) is 9.47 Å². The molecule has 0 saturated carbocycles. The Morgan fingerprint density at radius 1 is 1.29 bits per heavy atom. The Kier molecular flexibility index (Phi) is 8.27. The van der Waals surface area contributed by atoms with Gasteiger partial charge in [-0.3, -0.25) is 0 Å². The van der Waals surface area contributed by atoms with Crippen molar-refractivity contribution in [3.8, 4) is 0 Å². The lowest BCUT2D eigenvalue weighted by Crippen LogP contribution is -2.37. The van der Waals surface area contributed by atoms with Gasteiger partial charge in [-0.25, -0.2) is 4.39 Å². The molecule has 0 amide bonds. The van der Waals surface area contributed by atoms with Crippen molar-refractivity contribution < 1.29 is 13.9 Å². The topological polar surface area (TPSA) is 33.7 Å². The lowest BCUT2D eigenvalue weighted by atomic mass is 10.1. The normalized spacial score (nSPS) is 12.4. The molecule has 120 valence electrons. The fourth-order valence-corrected chi connectivity index (χ4v) is 2.42. The van der Waals surface area contributed by atoms with E-state index in [0.29, 0.717) is 19.8 Å². The number of likely N-dealkylation sites (N-methyl/N-ethyl adjacent to an activating group) is 1. The number of nitrogens with zero attached hydrogens (tertiary/aromatic N) is 1. The van der Waals surface area contributed by atoms with Crippen molar-refractivity contribution in [2.45, 2.75) is 26.4 Å². The zero-order valence-corrected chi connectivity index (χ0v) is 13.5. The number of hydrogen-bond acceptors (Lipinski definition) is 4. The third-order valence-electron chi connectivity index (χ3n) is 3.43. The molecule has 4 nitrogen and oxygen atoms in total. The molecule has 1 N–H and O–H groups in total. The number of anilines is 1. The van der Waals surface area contributed by atoms with Crippen LogP contribution in [-0.4, -0.2) is 46.6 Å². The van der Waals surface area contributed by atoms with Crippen LogP contribution in [0.3, 0.4) is 0 Å². The van der Waals surface area contributed by atoms with Crippen LogP contribution in [0.4, 0.5) is 10.1 Å². The summed E-state index contributed by atoms with van der Waals surface area (Å²) in [7, 11) is 3.36. The van der Waals surface area contributed by atoms with Gasteiger partial charge in [0.1, 0.15) is 5.82 Å². The molecule has 21 heavy (non-hydrogen) atoms. The summed E-state index contributed by atoms with van der Waals surface area (Å²) in [6, 6.07) is 5.19. The van der Waals surface area contributed by atoms with E-state index >= 15 is 0 Å². The van der Waals surface area contributed by atoms with Crippen molar-refractivity contribution in [2.24, 2.45) is 0 Å². The van der Waals surface area contributed by atoms with Crippen molar-refractivity contribution in [3.05, 3.63) is 29.6 Å². The Labute approximate surface area is 127 Å². The predicted octanol–water partition coefficient (Wildman–Crippen LogP) is 2.42. The second-order valence-electron chi connectivity index (χ2n) is 5.03. The van der Waals surface area contributed by atoms with Crippen LogP contribution in [-0.2, 0) is 16.0 Å². The zero-order valence-electron chi connectivity index (χ0n) is 13.5. The molecule has 1 rings (SSSR count). The highest BCUT2D eigenvalue weighted by atomic mass is 19.1. The number of methoxy groups -OCH3 is 2. The van der Waals surface area contributed by atoms with Crippen molar-refractivity contribution in [2.75, 3.05) is 45.4 Å². The second-order valence-corrected chi connectivity index (χ2v) is 5.03. The van der Waals surface area contributed by atoms with Crippen LogP contribution in [0.2, 0.25) is 0 Å². The van der Waals surface area contributed by atoms with Gasteiger partial charge in [-0.05, 0) is 37.6 Å². The minimum absolute atomic E-state index is 0.210. The summed E-state index contributed by atoms with van der Waals surface area (Å²) in [5.41, 5.74) is 2.00. The van der Waals surface area contributed by atoms with E-state index in [2.05, 4.69) is 24.1 Å². The molecular formula is C16H27FN2O2. The van der Waals surface area contributed by atoms with Crippen LogP contribution < -0.4 is 10.2 Å². The van der Waals surface area contributed by atoms with Gasteiger partial charge in [0, 0.05) is 45.6 Å². The van der Waals surface area contributed by atoms with Crippen LogP contribution in [0.25, 0.3) is 0 Å². The number of nitrogens with one attached hydrogen (secondary N) is 1. The Balaban J connectivity index is 2.87. The van der Waals surface area contributed by atoms with Crippen LogP contribution in [0.1, 0.15) is 19.4 Å². The smallest absolute Gasteiger partial charge is 0.123 e. The van der Waals surface area contributed by atoms with E-state index in [1.807, 2.05) is 6.07 Å². The van der Waals surface area contributed by atoms with E-state index in [-0.39, 0.29) is 11.9 Å². The Morgan fingerprint density at radius 3 is 2.67 bits per heavy atom. The van der Waals surface area contributed by atoms with Crippen molar-refractivity contribution in [1.29, 1.82) is 0 Å². The van der Waals surface area contributed by atoms with Crippen LogP contribution >= 0.6 is 0 Å². The molecular weight excluding hydrogens is 271 g/mol. The number of halogens is 1. The first kappa shape index (κ1) is 17.9. The van der Waals surface area contributed by atoms with Crippen LogP contribution in [0.15, 0.2) is 18.2 Å². The summed E-state index contributed by atoms with van der Waals surface area (Å²) in [6.07, 6.45) is 0. The average molecular weight is 298 g/mol. The number of rotatable bonds is 10. The van der Waals surface area contributed by atoms with Gasteiger partial charge in [0.15, 0.2) is 0 Å². The van der Waals surface area contributed by atoms with E-state index in [1.54, 1.807) is 20.3 Å².